The van der Waals surface area contributed by atoms with Gasteiger partial charge in [-0.2, -0.15) is 39.5 Å². The van der Waals surface area contributed by atoms with E-state index in [2.05, 4.69) is 9.47 Å². The molecule has 2 aliphatic heterocycles. The molecular weight excluding hydrogens is 418 g/mol. The lowest BCUT2D eigenvalue weighted by atomic mass is 9.98. The summed E-state index contributed by atoms with van der Waals surface area (Å²) in [5.74, 6) is -8.89. The largest absolute Gasteiger partial charge is 0.443 e. The van der Waals surface area contributed by atoms with Crippen LogP contribution in [0.25, 0.3) is 0 Å². The van der Waals surface area contributed by atoms with E-state index in [1.54, 1.807) is 0 Å². The lowest BCUT2D eigenvalue weighted by Gasteiger charge is -2.63. The number of alkyl halides is 9. The number of fused-ring (bicyclic) bond motifs is 2. The first kappa shape index (κ1) is 23.0. The fraction of sp³-hybridized carbons (Fsp3) is 1.00. The molecular formula is C14H18F9O3P. The van der Waals surface area contributed by atoms with Crippen LogP contribution in [0.1, 0.15) is 40.5 Å². The third-order valence-corrected chi connectivity index (χ3v) is 8.37. The number of aliphatic hydroxyl groups is 1. The SMILES string of the molecule is CC1CC2(C(F)(F)F)OC(O)(C(F)(F)F)CC(C(F)(F)F)(O2)P1C(C)(C)C. The number of hydrogen-bond donors (Lipinski definition) is 1. The van der Waals surface area contributed by atoms with Crippen LogP contribution in [0.5, 0.6) is 0 Å². The third-order valence-electron chi connectivity index (χ3n) is 4.58. The average molecular weight is 436 g/mol. The fourth-order valence-corrected chi connectivity index (χ4v) is 8.35. The molecule has 27 heavy (non-hydrogen) atoms. The highest BCUT2D eigenvalue weighted by atomic mass is 31.1. The van der Waals surface area contributed by atoms with Gasteiger partial charge in [-0.15, -0.1) is 0 Å². The molecule has 0 aromatic rings. The van der Waals surface area contributed by atoms with E-state index in [-0.39, 0.29) is 0 Å². The molecule has 2 saturated heterocycles. The van der Waals surface area contributed by atoms with Gasteiger partial charge in [0.15, 0.2) is 5.34 Å². The van der Waals surface area contributed by atoms with Crippen molar-refractivity contribution in [1.82, 2.24) is 0 Å². The van der Waals surface area contributed by atoms with E-state index >= 15 is 0 Å². The predicted molar refractivity (Wildman–Crippen MR) is 76.1 cm³/mol. The van der Waals surface area contributed by atoms with E-state index in [0.29, 0.717) is 0 Å². The Balaban J connectivity index is 2.84. The van der Waals surface area contributed by atoms with E-state index in [1.165, 1.54) is 20.8 Å². The van der Waals surface area contributed by atoms with E-state index in [0.717, 1.165) is 6.92 Å². The molecule has 5 atom stereocenters. The highest BCUT2D eigenvalue weighted by Crippen LogP contribution is 2.77. The van der Waals surface area contributed by atoms with Crippen LogP contribution in [0.4, 0.5) is 39.5 Å². The van der Waals surface area contributed by atoms with Gasteiger partial charge in [-0.1, -0.05) is 35.6 Å². The highest BCUT2D eigenvalue weighted by molar-refractivity contribution is 7.61. The van der Waals surface area contributed by atoms with Crippen molar-refractivity contribution in [1.29, 1.82) is 0 Å². The van der Waals surface area contributed by atoms with Crippen molar-refractivity contribution < 1.29 is 54.1 Å². The molecule has 1 N–H and O–H groups in total. The molecule has 3 nitrogen and oxygen atoms in total. The molecule has 2 bridgehead atoms. The molecule has 2 heterocycles. The monoisotopic (exact) mass is 436 g/mol. The van der Waals surface area contributed by atoms with Gasteiger partial charge in [0.25, 0.3) is 11.6 Å². The van der Waals surface area contributed by atoms with E-state index < -0.39 is 67.0 Å². The van der Waals surface area contributed by atoms with Crippen molar-refractivity contribution in [2.24, 2.45) is 0 Å². The molecule has 5 unspecified atom stereocenters. The van der Waals surface area contributed by atoms with Crippen molar-refractivity contribution in [3.63, 3.8) is 0 Å². The molecule has 2 rings (SSSR count). The van der Waals surface area contributed by atoms with Gasteiger partial charge in [-0.25, -0.2) is 0 Å². The maximum Gasteiger partial charge on any atom is 0.443 e. The van der Waals surface area contributed by atoms with E-state index in [9.17, 15) is 44.6 Å². The molecule has 13 heteroatoms. The van der Waals surface area contributed by atoms with Crippen LogP contribution < -0.4 is 0 Å². The molecule has 160 valence electrons. The summed E-state index contributed by atoms with van der Waals surface area (Å²) in [6.45, 7) is 4.96. The minimum Gasteiger partial charge on any atom is -0.358 e. The van der Waals surface area contributed by atoms with Crippen molar-refractivity contribution in [3.8, 4) is 0 Å². The average Bonchev–Trinajstić information content (AvgIpc) is 2.30. The zero-order chi connectivity index (χ0) is 21.5. The fourth-order valence-electron chi connectivity index (χ4n) is 3.90. The first-order chi connectivity index (χ1) is 11.6. The van der Waals surface area contributed by atoms with Gasteiger partial charge in [0.05, 0.1) is 6.42 Å². The van der Waals surface area contributed by atoms with Crippen LogP contribution in [0, 0.1) is 0 Å². The van der Waals surface area contributed by atoms with Crippen LogP contribution in [0.3, 0.4) is 0 Å². The molecule has 0 aromatic carbocycles. The lowest BCUT2D eigenvalue weighted by molar-refractivity contribution is -0.536. The smallest absolute Gasteiger partial charge is 0.358 e. The van der Waals surface area contributed by atoms with Gasteiger partial charge in [0, 0.05) is 6.42 Å². The molecule has 0 aromatic heterocycles. The Labute approximate surface area is 149 Å². The van der Waals surface area contributed by atoms with Crippen LogP contribution >= 0.6 is 7.92 Å². The molecule has 0 amide bonds. The van der Waals surface area contributed by atoms with Gasteiger partial charge in [0.2, 0.25) is 0 Å². The Bertz CT molecular complexity index is 593. The van der Waals surface area contributed by atoms with Gasteiger partial charge in [-0.3, -0.25) is 0 Å². The highest BCUT2D eigenvalue weighted by Gasteiger charge is 2.83. The Hall–Kier alpha value is -0.320. The summed E-state index contributed by atoms with van der Waals surface area (Å²) in [6, 6.07) is 0. The predicted octanol–water partition coefficient (Wildman–Crippen LogP) is 5.26. The Morgan fingerprint density at radius 3 is 1.67 bits per heavy atom. The van der Waals surface area contributed by atoms with Gasteiger partial charge < -0.3 is 14.6 Å². The summed E-state index contributed by atoms with van der Waals surface area (Å²) in [7, 11) is -2.66. The number of rotatable bonds is 0. The molecule has 2 aliphatic rings. The molecule has 0 spiro atoms. The standard InChI is InChI=1S/C14H18F9O3P/c1-7-5-10(13(18,19)20)25-9(24,12(15,16)17)6-11(26-10,14(21,22)23)27(7)8(2,3)4/h7,24H,5-6H2,1-4H3. The summed E-state index contributed by atoms with van der Waals surface area (Å²) in [4.78, 5) is 0. The number of hydrogen-bond acceptors (Lipinski definition) is 3. The van der Waals surface area contributed by atoms with Crippen molar-refractivity contribution in [3.05, 3.63) is 0 Å². The number of ether oxygens (including phenoxy) is 2. The first-order valence-electron chi connectivity index (χ1n) is 7.74. The minimum atomic E-state index is -5.90. The lowest BCUT2D eigenvalue weighted by Crippen LogP contribution is -2.75. The topological polar surface area (TPSA) is 38.7 Å². The Morgan fingerprint density at radius 2 is 1.33 bits per heavy atom. The van der Waals surface area contributed by atoms with Crippen molar-refractivity contribution >= 4 is 7.92 Å². The second-order valence-corrected chi connectivity index (χ2v) is 11.5. The zero-order valence-corrected chi connectivity index (χ0v) is 15.5. The maximum absolute atomic E-state index is 14.0. The molecule has 2 fully saturated rings. The van der Waals surface area contributed by atoms with Gasteiger partial charge in [-0.05, 0) is 10.8 Å². The molecule has 0 radical (unpaired) electrons. The summed E-state index contributed by atoms with van der Waals surface area (Å²) in [6.07, 6.45) is -20.8. The Morgan fingerprint density at radius 1 is 0.852 bits per heavy atom. The first-order valence-corrected chi connectivity index (χ1v) is 9.15. The van der Waals surface area contributed by atoms with Gasteiger partial charge in [0.1, 0.15) is 0 Å². The Kier molecular flexibility index (Phi) is 4.98. The quantitative estimate of drug-likeness (QED) is 0.416. The maximum atomic E-state index is 14.0. The summed E-state index contributed by atoms with van der Waals surface area (Å²) in [5.41, 5.74) is -1.31. The third kappa shape index (κ3) is 3.34. The normalized spacial score (nSPS) is 41.6. The van der Waals surface area contributed by atoms with Crippen LogP contribution in [-0.4, -0.2) is 51.4 Å². The second-order valence-electron chi connectivity index (χ2n) is 7.79. The summed E-state index contributed by atoms with van der Waals surface area (Å²) < 4.78 is 131. The van der Waals surface area contributed by atoms with Crippen molar-refractivity contribution in [2.45, 2.75) is 86.8 Å². The minimum absolute atomic E-state index is 1.10. The molecule has 0 aliphatic carbocycles. The molecule has 0 saturated carbocycles. The summed E-state index contributed by atoms with van der Waals surface area (Å²) >= 11 is 0. The van der Waals surface area contributed by atoms with Crippen LogP contribution in [0.2, 0.25) is 0 Å². The van der Waals surface area contributed by atoms with Crippen LogP contribution in [0.15, 0.2) is 0 Å². The van der Waals surface area contributed by atoms with E-state index in [1.807, 2.05) is 0 Å². The van der Waals surface area contributed by atoms with E-state index in [4.69, 9.17) is 0 Å². The van der Waals surface area contributed by atoms with Crippen molar-refractivity contribution in [2.75, 3.05) is 0 Å². The van der Waals surface area contributed by atoms with Crippen LogP contribution in [-0.2, 0) is 9.47 Å². The zero-order valence-electron chi connectivity index (χ0n) is 14.6. The van der Waals surface area contributed by atoms with Gasteiger partial charge >= 0.3 is 18.5 Å². The second kappa shape index (κ2) is 5.86. The summed E-state index contributed by atoms with van der Waals surface area (Å²) in [5, 5.41) is 4.65. The number of halogens is 9.